The summed E-state index contributed by atoms with van der Waals surface area (Å²) in [6.45, 7) is 4.05. The summed E-state index contributed by atoms with van der Waals surface area (Å²) >= 11 is 0. The summed E-state index contributed by atoms with van der Waals surface area (Å²) in [7, 11) is 0. The van der Waals surface area contributed by atoms with Gasteiger partial charge in [0.15, 0.2) is 5.65 Å². The lowest BCUT2D eigenvalue weighted by molar-refractivity contribution is -0.137. The Labute approximate surface area is 173 Å². The minimum Gasteiger partial charge on any atom is -0.298 e. The number of alkyl halides is 3. The van der Waals surface area contributed by atoms with Gasteiger partial charge in [-0.05, 0) is 41.4 Å². The van der Waals surface area contributed by atoms with E-state index in [0.717, 1.165) is 25.9 Å². The van der Waals surface area contributed by atoms with Gasteiger partial charge in [-0.2, -0.15) is 13.2 Å². The van der Waals surface area contributed by atoms with Crippen molar-refractivity contribution in [1.82, 2.24) is 19.5 Å². The van der Waals surface area contributed by atoms with Crippen molar-refractivity contribution in [2.24, 2.45) is 11.8 Å². The molecule has 1 aliphatic heterocycles. The Balaban J connectivity index is 1.36. The summed E-state index contributed by atoms with van der Waals surface area (Å²) in [5, 5.41) is 7.97. The molecule has 0 radical (unpaired) electrons. The van der Waals surface area contributed by atoms with Gasteiger partial charge in [-0.1, -0.05) is 43.7 Å². The van der Waals surface area contributed by atoms with Gasteiger partial charge in [0.2, 0.25) is 0 Å². The molecule has 4 nitrogen and oxygen atoms in total. The van der Waals surface area contributed by atoms with Crippen LogP contribution in [0.2, 0.25) is 0 Å². The fourth-order valence-corrected chi connectivity index (χ4v) is 5.14. The van der Waals surface area contributed by atoms with Gasteiger partial charge in [-0.25, -0.2) is 0 Å². The molecule has 2 unspecified atom stereocenters. The van der Waals surface area contributed by atoms with Crippen molar-refractivity contribution in [3.8, 4) is 0 Å². The molecule has 7 heteroatoms. The zero-order valence-electron chi connectivity index (χ0n) is 16.9. The number of benzene rings is 1. The van der Waals surface area contributed by atoms with E-state index in [9.17, 15) is 13.2 Å². The molecule has 1 saturated heterocycles. The monoisotopic (exact) mass is 414 g/mol. The number of piperidine rings is 1. The van der Waals surface area contributed by atoms with Gasteiger partial charge >= 0.3 is 6.18 Å². The molecule has 2 aliphatic rings. The standard InChI is InChI=1S/C23H25F3N4/c1-2-3-9-19-27-28-22-21(23(24,25)26)16(10-11-30(19)22)12-29-13-17-18(14-29)20(17)15-7-5-4-6-8-15/h4-8,10-11,17-18,20H,2-3,9,12-14H2,1H3. The summed E-state index contributed by atoms with van der Waals surface area (Å²) in [6, 6.07) is 12.0. The van der Waals surface area contributed by atoms with Crippen molar-refractivity contribution in [3.05, 3.63) is 65.1 Å². The molecular formula is C23H25F3N4. The van der Waals surface area contributed by atoms with Crippen LogP contribution in [0.4, 0.5) is 13.2 Å². The fourth-order valence-electron chi connectivity index (χ4n) is 5.14. The van der Waals surface area contributed by atoms with Crippen molar-refractivity contribution in [2.75, 3.05) is 13.1 Å². The molecule has 0 bridgehead atoms. The maximum absolute atomic E-state index is 14.0. The first-order valence-corrected chi connectivity index (χ1v) is 10.7. The Hall–Kier alpha value is -2.41. The number of unbranched alkanes of at least 4 members (excludes halogenated alkanes) is 1. The normalized spacial score (nSPS) is 23.8. The molecule has 158 valence electrons. The van der Waals surface area contributed by atoms with Gasteiger partial charge in [0.05, 0.1) is 0 Å². The molecule has 1 aromatic carbocycles. The van der Waals surface area contributed by atoms with Crippen molar-refractivity contribution < 1.29 is 13.2 Å². The minimum atomic E-state index is -4.46. The SMILES string of the molecule is CCCCc1nnc2c(C(F)(F)F)c(CN3CC4C(C3)C4c3ccccc3)ccn12. The highest BCUT2D eigenvalue weighted by Crippen LogP contribution is 2.58. The molecule has 5 rings (SSSR count). The summed E-state index contributed by atoms with van der Waals surface area (Å²) in [4.78, 5) is 2.16. The zero-order valence-corrected chi connectivity index (χ0v) is 16.9. The van der Waals surface area contributed by atoms with Gasteiger partial charge in [-0.3, -0.25) is 9.30 Å². The van der Waals surface area contributed by atoms with Crippen molar-refractivity contribution in [3.63, 3.8) is 0 Å². The maximum atomic E-state index is 14.0. The van der Waals surface area contributed by atoms with E-state index in [1.165, 1.54) is 9.96 Å². The molecule has 0 spiro atoms. The number of pyridine rings is 1. The molecule has 30 heavy (non-hydrogen) atoms. The highest BCUT2D eigenvalue weighted by atomic mass is 19.4. The highest BCUT2D eigenvalue weighted by Gasteiger charge is 2.56. The first-order chi connectivity index (χ1) is 14.5. The van der Waals surface area contributed by atoms with Crippen LogP contribution in [0.25, 0.3) is 5.65 Å². The summed E-state index contributed by atoms with van der Waals surface area (Å²) in [5.41, 5.74) is 0.938. The number of hydrogen-bond donors (Lipinski definition) is 0. The van der Waals surface area contributed by atoms with E-state index in [1.807, 2.05) is 13.0 Å². The first-order valence-electron chi connectivity index (χ1n) is 10.7. The molecule has 2 aromatic heterocycles. The maximum Gasteiger partial charge on any atom is 0.420 e. The molecule has 2 atom stereocenters. The third kappa shape index (κ3) is 3.39. The molecule has 2 fully saturated rings. The largest absolute Gasteiger partial charge is 0.420 e. The van der Waals surface area contributed by atoms with Crippen molar-refractivity contribution in [1.29, 1.82) is 0 Å². The van der Waals surface area contributed by atoms with E-state index >= 15 is 0 Å². The Morgan fingerprint density at radius 3 is 2.43 bits per heavy atom. The first kappa shape index (κ1) is 19.5. The smallest absolute Gasteiger partial charge is 0.298 e. The molecular weight excluding hydrogens is 389 g/mol. The zero-order chi connectivity index (χ0) is 20.9. The van der Waals surface area contributed by atoms with Crippen LogP contribution < -0.4 is 0 Å². The number of halogens is 3. The average molecular weight is 414 g/mol. The van der Waals surface area contributed by atoms with Crippen molar-refractivity contribution in [2.45, 2.75) is 44.8 Å². The van der Waals surface area contributed by atoms with Gasteiger partial charge < -0.3 is 0 Å². The number of likely N-dealkylation sites (tertiary alicyclic amines) is 1. The molecule has 0 amide bonds. The third-order valence-electron chi connectivity index (χ3n) is 6.62. The van der Waals surface area contributed by atoms with E-state index < -0.39 is 11.7 Å². The average Bonchev–Trinajstić information content (AvgIpc) is 3.04. The van der Waals surface area contributed by atoms with Crippen LogP contribution >= 0.6 is 0 Å². The van der Waals surface area contributed by atoms with E-state index in [1.54, 1.807) is 12.3 Å². The van der Waals surface area contributed by atoms with Crippen LogP contribution in [0.5, 0.6) is 0 Å². The van der Waals surface area contributed by atoms with Crippen LogP contribution in [-0.2, 0) is 19.1 Å². The lowest BCUT2D eigenvalue weighted by Crippen LogP contribution is -2.26. The second-order valence-corrected chi connectivity index (χ2v) is 8.59. The summed E-state index contributed by atoms with van der Waals surface area (Å²) in [5.74, 6) is 2.26. The number of fused-ring (bicyclic) bond motifs is 2. The number of rotatable bonds is 6. The number of aryl methyl sites for hydroxylation is 1. The molecule has 3 heterocycles. The van der Waals surface area contributed by atoms with Gasteiger partial charge in [0.25, 0.3) is 0 Å². The topological polar surface area (TPSA) is 33.4 Å². The highest BCUT2D eigenvalue weighted by molar-refractivity contribution is 5.53. The predicted octanol–water partition coefficient (Wildman–Crippen LogP) is 4.94. The number of aromatic nitrogens is 3. The van der Waals surface area contributed by atoms with E-state index in [2.05, 4.69) is 39.4 Å². The Bertz CT molecular complexity index is 1030. The van der Waals surface area contributed by atoms with Crippen LogP contribution in [0.3, 0.4) is 0 Å². The second kappa shape index (κ2) is 7.38. The predicted molar refractivity (Wildman–Crippen MR) is 108 cm³/mol. The molecule has 3 aromatic rings. The van der Waals surface area contributed by atoms with E-state index in [0.29, 0.717) is 42.1 Å². The second-order valence-electron chi connectivity index (χ2n) is 8.59. The lowest BCUT2D eigenvalue weighted by atomic mass is 10.1. The number of hydrogen-bond acceptors (Lipinski definition) is 3. The Morgan fingerprint density at radius 2 is 1.77 bits per heavy atom. The van der Waals surface area contributed by atoms with Crippen molar-refractivity contribution >= 4 is 5.65 Å². The Kier molecular flexibility index (Phi) is 4.81. The van der Waals surface area contributed by atoms with E-state index in [4.69, 9.17) is 0 Å². The molecule has 1 aliphatic carbocycles. The van der Waals surface area contributed by atoms with Gasteiger partial charge in [0.1, 0.15) is 11.4 Å². The molecule has 1 saturated carbocycles. The van der Waals surface area contributed by atoms with Crippen LogP contribution in [-0.4, -0.2) is 32.6 Å². The van der Waals surface area contributed by atoms with Crippen LogP contribution in [0, 0.1) is 11.8 Å². The van der Waals surface area contributed by atoms with Crippen LogP contribution in [0.1, 0.15) is 48.2 Å². The van der Waals surface area contributed by atoms with E-state index in [-0.39, 0.29) is 5.65 Å². The molecule has 0 N–H and O–H groups in total. The third-order valence-corrected chi connectivity index (χ3v) is 6.62. The fraction of sp³-hybridized carbons (Fsp3) is 0.478. The summed E-state index contributed by atoms with van der Waals surface area (Å²) < 4.78 is 43.5. The lowest BCUT2D eigenvalue weighted by Gasteiger charge is -2.22. The minimum absolute atomic E-state index is 0.0716. The van der Waals surface area contributed by atoms with Gasteiger partial charge in [-0.15, -0.1) is 10.2 Å². The van der Waals surface area contributed by atoms with Gasteiger partial charge in [0, 0.05) is 32.3 Å². The van der Waals surface area contributed by atoms with Crippen LogP contribution in [0.15, 0.2) is 42.6 Å². The Morgan fingerprint density at radius 1 is 1.03 bits per heavy atom. The quantitative estimate of drug-likeness (QED) is 0.573. The number of nitrogens with zero attached hydrogens (tertiary/aromatic N) is 4. The summed E-state index contributed by atoms with van der Waals surface area (Å²) in [6.07, 6.45) is -0.287.